The number of para-hydroxylation sites is 1. The van der Waals surface area contributed by atoms with Crippen LogP contribution in [-0.2, 0) is 6.54 Å². The predicted molar refractivity (Wildman–Crippen MR) is 78.6 cm³/mol. The van der Waals surface area contributed by atoms with Crippen LogP contribution >= 0.6 is 0 Å². The van der Waals surface area contributed by atoms with E-state index in [1.54, 1.807) is 7.11 Å². The molecular formula is C16H23NO2. The van der Waals surface area contributed by atoms with E-state index in [-0.39, 0.29) is 0 Å². The van der Waals surface area contributed by atoms with Gasteiger partial charge in [0, 0.05) is 18.5 Å². The molecule has 0 radical (unpaired) electrons. The zero-order valence-electron chi connectivity index (χ0n) is 11.9. The van der Waals surface area contributed by atoms with E-state index in [4.69, 9.17) is 15.9 Å². The van der Waals surface area contributed by atoms with Crippen LogP contribution in [0.1, 0.15) is 31.7 Å². The average molecular weight is 261 g/mol. The maximum absolute atomic E-state index is 5.55. The van der Waals surface area contributed by atoms with E-state index in [1.807, 2.05) is 19.1 Å². The second-order valence-corrected chi connectivity index (χ2v) is 4.22. The van der Waals surface area contributed by atoms with Crippen molar-refractivity contribution in [3.05, 3.63) is 23.8 Å². The molecule has 1 aromatic carbocycles. The zero-order chi connectivity index (χ0) is 13.9. The maximum Gasteiger partial charge on any atom is 0.165 e. The first-order chi connectivity index (χ1) is 9.33. The van der Waals surface area contributed by atoms with Crippen molar-refractivity contribution in [3.8, 4) is 23.8 Å². The zero-order valence-corrected chi connectivity index (χ0v) is 11.9. The summed E-state index contributed by atoms with van der Waals surface area (Å²) in [5.74, 6) is 4.27. The van der Waals surface area contributed by atoms with Gasteiger partial charge in [-0.15, -0.1) is 12.3 Å². The molecule has 0 aliphatic heterocycles. The monoisotopic (exact) mass is 261 g/mol. The number of ether oxygens (including phenoxy) is 2. The summed E-state index contributed by atoms with van der Waals surface area (Å²) in [5, 5.41) is 3.40. The first-order valence-electron chi connectivity index (χ1n) is 6.76. The lowest BCUT2D eigenvalue weighted by atomic mass is 10.1. The minimum atomic E-state index is 0.638. The van der Waals surface area contributed by atoms with Crippen molar-refractivity contribution in [1.29, 1.82) is 0 Å². The number of hydrogen-bond donors (Lipinski definition) is 1. The fourth-order valence-corrected chi connectivity index (χ4v) is 1.90. The summed E-state index contributed by atoms with van der Waals surface area (Å²) >= 11 is 0. The molecule has 0 atom stereocenters. The van der Waals surface area contributed by atoms with Crippen LogP contribution < -0.4 is 14.8 Å². The molecule has 0 heterocycles. The number of benzene rings is 1. The molecule has 0 saturated carbocycles. The lowest BCUT2D eigenvalue weighted by Gasteiger charge is -2.14. The lowest BCUT2D eigenvalue weighted by molar-refractivity contribution is 0.308. The summed E-state index contributed by atoms with van der Waals surface area (Å²) in [6.07, 6.45) is 8.23. The Bertz CT molecular complexity index is 410. The van der Waals surface area contributed by atoms with Crippen molar-refractivity contribution in [1.82, 2.24) is 5.32 Å². The molecule has 0 aliphatic carbocycles. The Morgan fingerprint density at radius 2 is 2.16 bits per heavy atom. The summed E-state index contributed by atoms with van der Waals surface area (Å²) in [4.78, 5) is 0. The first kappa shape index (κ1) is 15.4. The first-order valence-corrected chi connectivity index (χ1v) is 6.76. The van der Waals surface area contributed by atoms with Crippen LogP contribution in [0.5, 0.6) is 11.5 Å². The van der Waals surface area contributed by atoms with Gasteiger partial charge in [0.2, 0.25) is 0 Å². The van der Waals surface area contributed by atoms with E-state index >= 15 is 0 Å². The number of methoxy groups -OCH3 is 1. The molecule has 1 aromatic rings. The van der Waals surface area contributed by atoms with Gasteiger partial charge >= 0.3 is 0 Å². The van der Waals surface area contributed by atoms with Gasteiger partial charge in [-0.2, -0.15) is 0 Å². The van der Waals surface area contributed by atoms with Gasteiger partial charge in [0.1, 0.15) is 0 Å². The van der Waals surface area contributed by atoms with E-state index in [9.17, 15) is 0 Å². The lowest BCUT2D eigenvalue weighted by Crippen LogP contribution is -2.15. The van der Waals surface area contributed by atoms with Gasteiger partial charge in [0.15, 0.2) is 11.5 Å². The molecule has 0 fully saturated rings. The standard InChI is InChI=1S/C16H23NO2/c1-4-6-7-8-12-17-13-14-10-9-11-15(19-5-2)16(14)18-3/h1,9-11,17H,5-8,12-13H2,2-3H3. The molecule has 0 aliphatic rings. The van der Waals surface area contributed by atoms with Crippen LogP contribution in [0, 0.1) is 12.3 Å². The fourth-order valence-electron chi connectivity index (χ4n) is 1.90. The van der Waals surface area contributed by atoms with E-state index in [0.29, 0.717) is 6.61 Å². The summed E-state index contributed by atoms with van der Waals surface area (Å²) in [7, 11) is 1.67. The normalized spacial score (nSPS) is 9.95. The number of nitrogens with one attached hydrogen (secondary N) is 1. The minimum absolute atomic E-state index is 0.638. The largest absolute Gasteiger partial charge is 0.493 e. The maximum atomic E-state index is 5.55. The van der Waals surface area contributed by atoms with E-state index in [1.165, 1.54) is 0 Å². The molecule has 0 saturated heterocycles. The van der Waals surface area contributed by atoms with Gasteiger partial charge in [-0.25, -0.2) is 0 Å². The Balaban J connectivity index is 2.48. The molecule has 104 valence electrons. The molecular weight excluding hydrogens is 238 g/mol. The van der Waals surface area contributed by atoms with Crippen molar-refractivity contribution < 1.29 is 9.47 Å². The number of hydrogen-bond acceptors (Lipinski definition) is 3. The third kappa shape index (κ3) is 5.23. The Morgan fingerprint density at radius 1 is 1.32 bits per heavy atom. The second kappa shape index (κ2) is 9.29. The Morgan fingerprint density at radius 3 is 2.84 bits per heavy atom. The highest BCUT2D eigenvalue weighted by Crippen LogP contribution is 2.30. The van der Waals surface area contributed by atoms with Gasteiger partial charge in [-0.1, -0.05) is 12.1 Å². The van der Waals surface area contributed by atoms with Crippen molar-refractivity contribution >= 4 is 0 Å². The van der Waals surface area contributed by atoms with Crippen LogP contribution in [0.15, 0.2) is 18.2 Å². The number of unbranched alkanes of at least 4 members (excludes halogenated alkanes) is 2. The van der Waals surface area contributed by atoms with Gasteiger partial charge in [-0.05, 0) is 32.4 Å². The van der Waals surface area contributed by atoms with Crippen LogP contribution in [0.2, 0.25) is 0 Å². The Labute approximate surface area is 116 Å². The SMILES string of the molecule is C#CCCCCNCc1cccc(OCC)c1OC. The minimum Gasteiger partial charge on any atom is -0.493 e. The molecule has 19 heavy (non-hydrogen) atoms. The van der Waals surface area contributed by atoms with Gasteiger partial charge < -0.3 is 14.8 Å². The number of rotatable bonds is 9. The molecule has 1 N–H and O–H groups in total. The molecule has 0 unspecified atom stereocenters. The van der Waals surface area contributed by atoms with Crippen molar-refractivity contribution in [2.45, 2.75) is 32.7 Å². The van der Waals surface area contributed by atoms with Crippen molar-refractivity contribution in [2.24, 2.45) is 0 Å². The summed E-state index contributed by atoms with van der Waals surface area (Å²) in [6, 6.07) is 5.97. The Kier molecular flexibility index (Phi) is 7.53. The summed E-state index contributed by atoms with van der Waals surface area (Å²) in [5.41, 5.74) is 1.12. The van der Waals surface area contributed by atoms with Crippen LogP contribution in [0.3, 0.4) is 0 Å². The van der Waals surface area contributed by atoms with Crippen LogP contribution in [-0.4, -0.2) is 20.3 Å². The quantitative estimate of drug-likeness (QED) is 0.547. The molecule has 0 amide bonds. The highest BCUT2D eigenvalue weighted by Gasteiger charge is 2.09. The second-order valence-electron chi connectivity index (χ2n) is 4.22. The molecule has 0 spiro atoms. The summed E-state index contributed by atoms with van der Waals surface area (Å²) in [6.45, 7) is 4.35. The van der Waals surface area contributed by atoms with Crippen molar-refractivity contribution in [2.75, 3.05) is 20.3 Å². The summed E-state index contributed by atoms with van der Waals surface area (Å²) < 4.78 is 11.0. The third-order valence-electron chi connectivity index (χ3n) is 2.80. The van der Waals surface area contributed by atoms with Gasteiger partial charge in [-0.3, -0.25) is 0 Å². The highest BCUT2D eigenvalue weighted by molar-refractivity contribution is 5.46. The fraction of sp³-hybridized carbons (Fsp3) is 0.500. The van der Waals surface area contributed by atoms with Crippen molar-refractivity contribution in [3.63, 3.8) is 0 Å². The topological polar surface area (TPSA) is 30.5 Å². The molecule has 0 bridgehead atoms. The van der Waals surface area contributed by atoms with E-state index in [0.717, 1.165) is 49.4 Å². The predicted octanol–water partition coefficient (Wildman–Crippen LogP) is 2.99. The molecule has 0 aromatic heterocycles. The molecule has 1 rings (SSSR count). The van der Waals surface area contributed by atoms with E-state index < -0.39 is 0 Å². The Hall–Kier alpha value is -1.66. The van der Waals surface area contributed by atoms with E-state index in [2.05, 4.69) is 17.3 Å². The smallest absolute Gasteiger partial charge is 0.165 e. The van der Waals surface area contributed by atoms with Gasteiger partial charge in [0.25, 0.3) is 0 Å². The van der Waals surface area contributed by atoms with Crippen LogP contribution in [0.25, 0.3) is 0 Å². The highest BCUT2D eigenvalue weighted by atomic mass is 16.5. The molecule has 3 nitrogen and oxygen atoms in total. The van der Waals surface area contributed by atoms with Gasteiger partial charge in [0.05, 0.1) is 13.7 Å². The van der Waals surface area contributed by atoms with Crippen LogP contribution in [0.4, 0.5) is 0 Å². The molecule has 3 heteroatoms. The average Bonchev–Trinajstić information content (AvgIpc) is 2.43. The third-order valence-corrected chi connectivity index (χ3v) is 2.80. The number of terminal acetylenes is 1.